The maximum absolute atomic E-state index is 13.0. The molecule has 2 aromatic rings. The minimum absolute atomic E-state index is 0.0298. The average Bonchev–Trinajstić information content (AvgIpc) is 2.71. The van der Waals surface area contributed by atoms with Crippen molar-refractivity contribution in [2.24, 2.45) is 0 Å². The summed E-state index contributed by atoms with van der Waals surface area (Å²) in [6.45, 7) is 4.54. The van der Waals surface area contributed by atoms with Crippen molar-refractivity contribution in [1.82, 2.24) is 10.2 Å². The van der Waals surface area contributed by atoms with Crippen molar-refractivity contribution >= 4 is 17.9 Å². The highest BCUT2D eigenvalue weighted by Gasteiger charge is 2.31. The fraction of sp³-hybridized carbons (Fsp3) is 0.304. The van der Waals surface area contributed by atoms with E-state index in [0.29, 0.717) is 6.54 Å². The summed E-state index contributed by atoms with van der Waals surface area (Å²) >= 11 is 0. The molecule has 1 N–H and O–H groups in total. The van der Waals surface area contributed by atoms with Crippen molar-refractivity contribution in [3.8, 4) is 0 Å². The summed E-state index contributed by atoms with van der Waals surface area (Å²) in [7, 11) is 0. The number of hydrogen-bond acceptors (Lipinski definition) is 2. The highest BCUT2D eigenvalue weighted by molar-refractivity contribution is 5.95. The zero-order chi connectivity index (χ0) is 19.2. The van der Waals surface area contributed by atoms with Crippen LogP contribution in [0.1, 0.15) is 43.0 Å². The Morgan fingerprint density at radius 3 is 2.59 bits per heavy atom. The molecule has 2 amide bonds. The number of benzene rings is 2. The van der Waals surface area contributed by atoms with Crippen LogP contribution in [0.2, 0.25) is 0 Å². The van der Waals surface area contributed by atoms with Crippen molar-refractivity contribution < 1.29 is 9.59 Å². The second-order valence-corrected chi connectivity index (χ2v) is 6.88. The highest BCUT2D eigenvalue weighted by Crippen LogP contribution is 2.32. The van der Waals surface area contributed by atoms with E-state index in [2.05, 4.69) is 24.4 Å². The molecule has 0 saturated heterocycles. The molecule has 1 aliphatic heterocycles. The van der Waals surface area contributed by atoms with Crippen LogP contribution < -0.4 is 5.32 Å². The quantitative estimate of drug-likeness (QED) is 0.824. The van der Waals surface area contributed by atoms with E-state index in [1.54, 1.807) is 13.0 Å². The standard InChI is InChI=1S/C23H26N2O2/c1-3-21-20-12-8-7-11-19(20)15-16-25(21)23(27)17(2)24-22(26)14-13-18-9-5-4-6-10-18/h4-14,17,21H,3,15-16H2,1-2H3,(H,24,26)/b14-13+. The van der Waals surface area contributed by atoms with E-state index in [1.165, 1.54) is 17.2 Å². The Morgan fingerprint density at radius 2 is 1.85 bits per heavy atom. The zero-order valence-corrected chi connectivity index (χ0v) is 15.9. The lowest BCUT2D eigenvalue weighted by atomic mass is 9.90. The molecule has 0 radical (unpaired) electrons. The summed E-state index contributed by atoms with van der Waals surface area (Å²) in [5.74, 6) is -0.289. The van der Waals surface area contributed by atoms with Crippen LogP contribution >= 0.6 is 0 Å². The van der Waals surface area contributed by atoms with E-state index in [9.17, 15) is 9.59 Å². The summed E-state index contributed by atoms with van der Waals surface area (Å²) < 4.78 is 0. The Balaban J connectivity index is 1.65. The number of carbonyl (C=O) groups excluding carboxylic acids is 2. The molecule has 2 unspecified atom stereocenters. The highest BCUT2D eigenvalue weighted by atomic mass is 16.2. The molecule has 2 atom stereocenters. The molecule has 0 saturated carbocycles. The second kappa shape index (κ2) is 8.67. The number of amides is 2. The van der Waals surface area contributed by atoms with Gasteiger partial charge in [0.15, 0.2) is 0 Å². The first kappa shape index (κ1) is 18.9. The van der Waals surface area contributed by atoms with Crippen LogP contribution in [0.4, 0.5) is 0 Å². The van der Waals surface area contributed by atoms with Crippen LogP contribution in [0.3, 0.4) is 0 Å². The molecule has 0 fully saturated rings. The predicted octanol–water partition coefficient (Wildman–Crippen LogP) is 3.74. The molecule has 1 heterocycles. The Bertz CT molecular complexity index is 829. The van der Waals surface area contributed by atoms with Gasteiger partial charge in [-0.2, -0.15) is 0 Å². The summed E-state index contributed by atoms with van der Waals surface area (Å²) in [6, 6.07) is 17.4. The van der Waals surface area contributed by atoms with E-state index in [4.69, 9.17) is 0 Å². The van der Waals surface area contributed by atoms with Gasteiger partial charge < -0.3 is 10.2 Å². The summed E-state index contributed by atoms with van der Waals surface area (Å²) in [4.78, 5) is 27.1. The summed E-state index contributed by atoms with van der Waals surface area (Å²) in [5, 5.41) is 2.80. The predicted molar refractivity (Wildman–Crippen MR) is 108 cm³/mol. The monoisotopic (exact) mass is 362 g/mol. The van der Waals surface area contributed by atoms with Crippen molar-refractivity contribution in [3.05, 3.63) is 77.4 Å². The number of carbonyl (C=O) groups is 2. The third-order valence-corrected chi connectivity index (χ3v) is 5.04. The van der Waals surface area contributed by atoms with Crippen molar-refractivity contribution in [3.63, 3.8) is 0 Å². The third kappa shape index (κ3) is 4.45. The topological polar surface area (TPSA) is 49.4 Å². The van der Waals surface area contributed by atoms with Gasteiger partial charge in [-0.05, 0) is 42.5 Å². The number of nitrogens with one attached hydrogen (secondary N) is 1. The van der Waals surface area contributed by atoms with E-state index in [0.717, 1.165) is 18.4 Å². The van der Waals surface area contributed by atoms with Crippen LogP contribution in [-0.4, -0.2) is 29.3 Å². The van der Waals surface area contributed by atoms with Crippen LogP contribution in [0, 0.1) is 0 Å². The van der Waals surface area contributed by atoms with E-state index >= 15 is 0 Å². The minimum Gasteiger partial charge on any atom is -0.341 e. The molecule has 0 spiro atoms. The SMILES string of the molecule is CCC1c2ccccc2CCN1C(=O)C(C)NC(=O)/C=C/c1ccccc1. The number of hydrogen-bond donors (Lipinski definition) is 1. The van der Waals surface area contributed by atoms with Crippen LogP contribution in [0.15, 0.2) is 60.7 Å². The molecule has 140 valence electrons. The smallest absolute Gasteiger partial charge is 0.245 e. The van der Waals surface area contributed by atoms with Crippen molar-refractivity contribution in [2.45, 2.75) is 38.8 Å². The number of rotatable bonds is 5. The zero-order valence-electron chi connectivity index (χ0n) is 15.9. The fourth-order valence-electron chi connectivity index (χ4n) is 3.66. The van der Waals surface area contributed by atoms with Gasteiger partial charge in [0.2, 0.25) is 11.8 Å². The van der Waals surface area contributed by atoms with Crippen LogP contribution in [0.5, 0.6) is 0 Å². The van der Waals surface area contributed by atoms with Crippen molar-refractivity contribution in [2.75, 3.05) is 6.54 Å². The average molecular weight is 362 g/mol. The summed E-state index contributed by atoms with van der Waals surface area (Å²) in [5.41, 5.74) is 3.49. The van der Waals surface area contributed by atoms with E-state index in [-0.39, 0.29) is 17.9 Å². The summed E-state index contributed by atoms with van der Waals surface area (Å²) in [6.07, 6.45) is 4.94. The fourth-order valence-corrected chi connectivity index (χ4v) is 3.66. The van der Waals surface area contributed by atoms with Gasteiger partial charge in [0.05, 0.1) is 6.04 Å². The molecule has 4 heteroatoms. The molecular weight excluding hydrogens is 336 g/mol. The lowest BCUT2D eigenvalue weighted by Crippen LogP contribution is -2.49. The molecule has 0 aromatic heterocycles. The van der Waals surface area contributed by atoms with Crippen molar-refractivity contribution in [1.29, 1.82) is 0 Å². The first-order valence-electron chi connectivity index (χ1n) is 9.52. The van der Waals surface area contributed by atoms with Gasteiger partial charge >= 0.3 is 0 Å². The maximum Gasteiger partial charge on any atom is 0.245 e. The molecule has 27 heavy (non-hydrogen) atoms. The largest absolute Gasteiger partial charge is 0.341 e. The van der Waals surface area contributed by atoms with Gasteiger partial charge in [0.25, 0.3) is 0 Å². The Labute approximate surface area is 160 Å². The molecule has 4 nitrogen and oxygen atoms in total. The second-order valence-electron chi connectivity index (χ2n) is 6.88. The molecule has 0 aliphatic carbocycles. The van der Waals surface area contributed by atoms with E-state index in [1.807, 2.05) is 47.4 Å². The normalized spacial score (nSPS) is 17.4. The first-order valence-corrected chi connectivity index (χ1v) is 9.52. The van der Waals surface area contributed by atoms with Crippen LogP contribution in [0.25, 0.3) is 6.08 Å². The van der Waals surface area contributed by atoms with Gasteiger partial charge in [-0.3, -0.25) is 9.59 Å². The number of fused-ring (bicyclic) bond motifs is 1. The van der Waals surface area contributed by atoms with Gasteiger partial charge in [-0.25, -0.2) is 0 Å². The van der Waals surface area contributed by atoms with Gasteiger partial charge in [-0.1, -0.05) is 61.5 Å². The minimum atomic E-state index is -0.558. The molecule has 2 aromatic carbocycles. The molecule has 3 rings (SSSR count). The molecule has 1 aliphatic rings. The van der Waals surface area contributed by atoms with Gasteiger partial charge in [-0.15, -0.1) is 0 Å². The molecular formula is C23H26N2O2. The Morgan fingerprint density at radius 1 is 1.15 bits per heavy atom. The van der Waals surface area contributed by atoms with E-state index < -0.39 is 6.04 Å². The van der Waals surface area contributed by atoms with Gasteiger partial charge in [0, 0.05) is 12.6 Å². The number of nitrogens with zero attached hydrogens (tertiary/aromatic N) is 1. The third-order valence-electron chi connectivity index (χ3n) is 5.04. The first-order chi connectivity index (χ1) is 13.1. The maximum atomic E-state index is 13.0. The van der Waals surface area contributed by atoms with Gasteiger partial charge in [0.1, 0.15) is 6.04 Å². The Kier molecular flexibility index (Phi) is 6.07. The molecule has 0 bridgehead atoms. The van der Waals surface area contributed by atoms with Crippen LogP contribution in [-0.2, 0) is 16.0 Å². The lowest BCUT2D eigenvalue weighted by molar-refractivity contribution is -0.137. The Hall–Kier alpha value is -2.88. The lowest BCUT2D eigenvalue weighted by Gasteiger charge is -2.38.